The van der Waals surface area contributed by atoms with Crippen LogP contribution in [0.25, 0.3) is 0 Å². The van der Waals surface area contributed by atoms with E-state index >= 15 is 0 Å². The quantitative estimate of drug-likeness (QED) is 0.702. The normalized spacial score (nSPS) is 9.50. The molecule has 1 heterocycles. The molecule has 1 rings (SSSR count). The van der Waals surface area contributed by atoms with E-state index in [1.165, 1.54) is 13.4 Å². The van der Waals surface area contributed by atoms with Crippen LogP contribution in [0.5, 0.6) is 11.6 Å². The van der Waals surface area contributed by atoms with Gasteiger partial charge < -0.3 is 14.5 Å². The first kappa shape index (κ1) is 8.58. The molecule has 66 valence electrons. The zero-order valence-corrected chi connectivity index (χ0v) is 6.96. The van der Waals surface area contributed by atoms with Crippen molar-refractivity contribution in [2.45, 2.75) is 6.92 Å². The maximum atomic E-state index is 11.0. The molecule has 0 saturated heterocycles. The molecule has 0 radical (unpaired) electrons. The van der Waals surface area contributed by atoms with Crippen molar-refractivity contribution in [3.63, 3.8) is 0 Å². The van der Waals surface area contributed by atoms with Gasteiger partial charge in [0.05, 0.1) is 20.0 Å². The Balaban J connectivity index is 3.09. The number of aromatic amines is 1. The van der Waals surface area contributed by atoms with Gasteiger partial charge >= 0.3 is 0 Å². The largest absolute Gasteiger partial charge is 0.487 e. The van der Waals surface area contributed by atoms with Crippen molar-refractivity contribution >= 4 is 0 Å². The van der Waals surface area contributed by atoms with Gasteiger partial charge in [-0.1, -0.05) is 0 Å². The molecule has 0 aromatic carbocycles. The number of rotatable bonds is 3. The summed E-state index contributed by atoms with van der Waals surface area (Å²) >= 11 is 0. The Bertz CT molecular complexity index is 308. The van der Waals surface area contributed by atoms with Crippen molar-refractivity contribution in [2.24, 2.45) is 0 Å². The van der Waals surface area contributed by atoms with Crippen LogP contribution in [0.3, 0.4) is 0 Å². The second kappa shape index (κ2) is 3.75. The number of H-pyrrole nitrogens is 1. The first-order valence-corrected chi connectivity index (χ1v) is 3.54. The summed E-state index contributed by atoms with van der Waals surface area (Å²) < 4.78 is 9.85. The molecule has 0 aliphatic rings. The van der Waals surface area contributed by atoms with Crippen molar-refractivity contribution in [3.8, 4) is 11.6 Å². The molecule has 0 atom stereocenters. The van der Waals surface area contributed by atoms with Gasteiger partial charge in [-0.15, -0.1) is 0 Å². The van der Waals surface area contributed by atoms with Crippen molar-refractivity contribution in [1.82, 2.24) is 9.97 Å². The van der Waals surface area contributed by atoms with E-state index in [0.29, 0.717) is 6.61 Å². The molecule has 5 nitrogen and oxygen atoms in total. The van der Waals surface area contributed by atoms with Crippen molar-refractivity contribution in [2.75, 3.05) is 13.7 Å². The topological polar surface area (TPSA) is 64.2 Å². The van der Waals surface area contributed by atoms with Gasteiger partial charge in [0.15, 0.2) is 0 Å². The highest BCUT2D eigenvalue weighted by molar-refractivity contribution is 5.29. The van der Waals surface area contributed by atoms with Crippen LogP contribution in [0.2, 0.25) is 0 Å². The van der Waals surface area contributed by atoms with Crippen LogP contribution in [0, 0.1) is 0 Å². The van der Waals surface area contributed by atoms with E-state index in [9.17, 15) is 4.79 Å². The van der Waals surface area contributed by atoms with Crippen LogP contribution in [-0.4, -0.2) is 23.7 Å². The fraction of sp³-hybridized carbons (Fsp3) is 0.429. The Morgan fingerprint density at radius 1 is 1.67 bits per heavy atom. The summed E-state index contributed by atoms with van der Waals surface area (Å²) in [6.45, 7) is 2.26. The lowest BCUT2D eigenvalue weighted by Gasteiger charge is -2.04. The Morgan fingerprint density at radius 3 is 3.00 bits per heavy atom. The molecule has 1 N–H and O–H groups in total. The molecule has 1 aromatic heterocycles. The van der Waals surface area contributed by atoms with E-state index in [1.54, 1.807) is 0 Å². The van der Waals surface area contributed by atoms with Crippen LogP contribution >= 0.6 is 0 Å². The number of hydrogen-bond acceptors (Lipinski definition) is 4. The molecule has 1 aromatic rings. The van der Waals surface area contributed by atoms with Gasteiger partial charge in [-0.2, -0.15) is 0 Å². The molecule has 12 heavy (non-hydrogen) atoms. The molecule has 0 fully saturated rings. The molecule has 0 aliphatic carbocycles. The standard InChI is InChI=1S/C7H10N2O3/c1-3-12-7-5(11-2)6(10)8-4-9-7/h4H,3H2,1-2H3,(H,8,9,10). The summed E-state index contributed by atoms with van der Waals surface area (Å²) in [5.41, 5.74) is -0.337. The van der Waals surface area contributed by atoms with E-state index in [4.69, 9.17) is 9.47 Å². The number of methoxy groups -OCH3 is 1. The predicted molar refractivity (Wildman–Crippen MR) is 42.6 cm³/mol. The first-order chi connectivity index (χ1) is 5.79. The highest BCUT2D eigenvalue weighted by Crippen LogP contribution is 2.16. The Labute approximate surface area is 69.4 Å². The average molecular weight is 170 g/mol. The second-order valence-electron chi connectivity index (χ2n) is 2.00. The monoisotopic (exact) mass is 170 g/mol. The van der Waals surface area contributed by atoms with E-state index in [1.807, 2.05) is 6.92 Å². The number of nitrogens with one attached hydrogen (secondary N) is 1. The van der Waals surface area contributed by atoms with Gasteiger partial charge in [0.2, 0.25) is 5.75 Å². The molecule has 0 bridgehead atoms. The molecule has 0 spiro atoms. The van der Waals surface area contributed by atoms with Gasteiger partial charge in [-0.25, -0.2) is 4.98 Å². The van der Waals surface area contributed by atoms with Crippen LogP contribution < -0.4 is 15.0 Å². The van der Waals surface area contributed by atoms with Crippen LogP contribution in [0.4, 0.5) is 0 Å². The molecule has 5 heteroatoms. The molecule has 0 unspecified atom stereocenters. The summed E-state index contributed by atoms with van der Waals surface area (Å²) in [6, 6.07) is 0. The van der Waals surface area contributed by atoms with Gasteiger partial charge in [0.25, 0.3) is 11.4 Å². The smallest absolute Gasteiger partial charge is 0.297 e. The fourth-order valence-corrected chi connectivity index (χ4v) is 0.790. The van der Waals surface area contributed by atoms with Crippen LogP contribution in [0.15, 0.2) is 11.1 Å². The zero-order valence-electron chi connectivity index (χ0n) is 6.96. The summed E-state index contributed by atoms with van der Waals surface area (Å²) in [4.78, 5) is 17.2. The average Bonchev–Trinajstić information content (AvgIpc) is 2.05. The van der Waals surface area contributed by atoms with E-state index in [2.05, 4.69) is 9.97 Å². The highest BCUT2D eigenvalue weighted by Gasteiger charge is 2.08. The Hall–Kier alpha value is -1.52. The molecule has 0 saturated carbocycles. The lowest BCUT2D eigenvalue weighted by molar-refractivity contribution is 0.295. The zero-order chi connectivity index (χ0) is 8.97. The molecule has 0 amide bonds. The number of nitrogens with zero attached hydrogens (tertiary/aromatic N) is 1. The summed E-state index contributed by atoms with van der Waals surface area (Å²) in [5.74, 6) is 0.336. The minimum atomic E-state index is -0.337. The third kappa shape index (κ3) is 1.55. The van der Waals surface area contributed by atoms with Gasteiger partial charge in [0.1, 0.15) is 0 Å². The summed E-state index contributed by atoms with van der Waals surface area (Å²) in [6.07, 6.45) is 1.27. The number of ether oxygens (including phenoxy) is 2. The number of aromatic nitrogens is 2. The minimum Gasteiger partial charge on any atom is -0.487 e. The van der Waals surface area contributed by atoms with Crippen molar-refractivity contribution in [1.29, 1.82) is 0 Å². The van der Waals surface area contributed by atoms with Gasteiger partial charge in [-0.3, -0.25) is 4.79 Å². The van der Waals surface area contributed by atoms with E-state index < -0.39 is 0 Å². The summed E-state index contributed by atoms with van der Waals surface area (Å²) in [7, 11) is 1.40. The first-order valence-electron chi connectivity index (χ1n) is 3.54. The van der Waals surface area contributed by atoms with Gasteiger partial charge in [0, 0.05) is 0 Å². The maximum absolute atomic E-state index is 11.0. The molecular formula is C7H10N2O3. The number of hydrogen-bond donors (Lipinski definition) is 1. The van der Waals surface area contributed by atoms with E-state index in [0.717, 1.165) is 0 Å². The van der Waals surface area contributed by atoms with Crippen LogP contribution in [-0.2, 0) is 0 Å². The highest BCUT2D eigenvalue weighted by atomic mass is 16.5. The van der Waals surface area contributed by atoms with Gasteiger partial charge in [-0.05, 0) is 6.92 Å². The second-order valence-corrected chi connectivity index (χ2v) is 2.00. The Kier molecular flexibility index (Phi) is 2.68. The summed E-state index contributed by atoms with van der Waals surface area (Å²) in [5, 5.41) is 0. The maximum Gasteiger partial charge on any atom is 0.297 e. The van der Waals surface area contributed by atoms with Crippen molar-refractivity contribution < 1.29 is 9.47 Å². The van der Waals surface area contributed by atoms with Crippen LogP contribution in [0.1, 0.15) is 6.92 Å². The molecular weight excluding hydrogens is 160 g/mol. The minimum absolute atomic E-state index is 0.111. The lowest BCUT2D eigenvalue weighted by atomic mass is 10.5. The van der Waals surface area contributed by atoms with Crippen molar-refractivity contribution in [3.05, 3.63) is 16.7 Å². The fourth-order valence-electron chi connectivity index (χ4n) is 0.790. The predicted octanol–water partition coefficient (Wildman–Crippen LogP) is 0.177. The van der Waals surface area contributed by atoms with E-state index in [-0.39, 0.29) is 17.2 Å². The third-order valence-electron chi connectivity index (χ3n) is 1.26. The lowest BCUT2D eigenvalue weighted by Crippen LogP contribution is -2.12. The third-order valence-corrected chi connectivity index (χ3v) is 1.26. The molecule has 0 aliphatic heterocycles. The SMILES string of the molecule is CCOc1nc[nH]c(=O)c1OC. The Morgan fingerprint density at radius 2 is 2.42 bits per heavy atom.